The first-order valence-electron chi connectivity index (χ1n) is 7.05. The molecule has 2 rings (SSSR count). The zero-order valence-electron chi connectivity index (χ0n) is 12.6. The summed E-state index contributed by atoms with van der Waals surface area (Å²) in [7, 11) is -3.26. The summed E-state index contributed by atoms with van der Waals surface area (Å²) in [6, 6.07) is 17.4. The first kappa shape index (κ1) is 16.5. The molecule has 0 fully saturated rings. The van der Waals surface area contributed by atoms with E-state index < -0.39 is 7.60 Å². The second kappa shape index (κ2) is 7.38. The van der Waals surface area contributed by atoms with E-state index in [4.69, 9.17) is 14.3 Å². The van der Waals surface area contributed by atoms with E-state index >= 15 is 0 Å². The van der Waals surface area contributed by atoms with Crippen LogP contribution < -0.4 is 5.30 Å². The van der Waals surface area contributed by atoms with Crippen molar-refractivity contribution in [3.63, 3.8) is 0 Å². The molecule has 0 aliphatic heterocycles. The van der Waals surface area contributed by atoms with Crippen molar-refractivity contribution < 1.29 is 13.6 Å². The highest BCUT2D eigenvalue weighted by atomic mass is 31.2. The van der Waals surface area contributed by atoms with E-state index in [2.05, 4.69) is 12.1 Å². The molecule has 113 valence electrons. The maximum atomic E-state index is 12.7. The Kier molecular flexibility index (Phi) is 5.51. The zero-order valence-corrected chi connectivity index (χ0v) is 13.5. The average molecular weight is 314 g/mol. The van der Waals surface area contributed by atoms with Crippen LogP contribution in [0.5, 0.6) is 0 Å². The SMILES string of the molecule is CCOP(=O)(OCC)c1ccc(-c2cc[c]c(C#N)c2)cc1. The lowest BCUT2D eigenvalue weighted by Gasteiger charge is -2.17. The highest BCUT2D eigenvalue weighted by Crippen LogP contribution is 2.46. The lowest BCUT2D eigenvalue weighted by atomic mass is 10.0. The predicted octanol–water partition coefficient (Wildman–Crippen LogP) is 3.92. The second-order valence-corrected chi connectivity index (χ2v) is 6.51. The number of hydrogen-bond donors (Lipinski definition) is 0. The number of nitrogens with zero attached hydrogens (tertiary/aromatic N) is 1. The van der Waals surface area contributed by atoms with Crippen molar-refractivity contribution in [2.24, 2.45) is 0 Å². The smallest absolute Gasteiger partial charge is 0.305 e. The van der Waals surface area contributed by atoms with E-state index in [1.807, 2.05) is 18.2 Å². The molecule has 2 aromatic carbocycles. The van der Waals surface area contributed by atoms with E-state index in [0.717, 1.165) is 11.1 Å². The van der Waals surface area contributed by atoms with Gasteiger partial charge in [0.2, 0.25) is 0 Å². The Labute approximate surface area is 130 Å². The Morgan fingerprint density at radius 3 is 2.27 bits per heavy atom. The molecular formula is C17H17NO3P. The molecule has 0 aliphatic rings. The molecule has 1 radical (unpaired) electrons. The van der Waals surface area contributed by atoms with E-state index in [-0.39, 0.29) is 0 Å². The molecule has 0 atom stereocenters. The first-order valence-corrected chi connectivity index (χ1v) is 8.59. The van der Waals surface area contributed by atoms with Gasteiger partial charge in [-0.05, 0) is 43.2 Å². The van der Waals surface area contributed by atoms with Gasteiger partial charge in [0.05, 0.1) is 30.2 Å². The van der Waals surface area contributed by atoms with Crippen LogP contribution in [-0.2, 0) is 13.6 Å². The van der Waals surface area contributed by atoms with Crippen LogP contribution in [0.15, 0.2) is 42.5 Å². The van der Waals surface area contributed by atoms with Gasteiger partial charge in [0.15, 0.2) is 0 Å². The fraction of sp³-hybridized carbons (Fsp3) is 0.235. The summed E-state index contributed by atoms with van der Waals surface area (Å²) in [5.41, 5.74) is 2.31. The fourth-order valence-corrected chi connectivity index (χ4v) is 3.64. The lowest BCUT2D eigenvalue weighted by Crippen LogP contribution is -2.10. The minimum Gasteiger partial charge on any atom is -0.305 e. The van der Waals surface area contributed by atoms with Gasteiger partial charge < -0.3 is 9.05 Å². The van der Waals surface area contributed by atoms with Crippen LogP contribution in [0, 0.1) is 17.4 Å². The van der Waals surface area contributed by atoms with Crippen LogP contribution in [0.1, 0.15) is 19.4 Å². The average Bonchev–Trinajstić information content (AvgIpc) is 2.55. The molecule has 0 aromatic heterocycles. The molecule has 4 nitrogen and oxygen atoms in total. The van der Waals surface area contributed by atoms with Crippen LogP contribution >= 0.6 is 7.60 Å². The van der Waals surface area contributed by atoms with Gasteiger partial charge in [-0.15, -0.1) is 0 Å². The Hall–Kier alpha value is -1.92. The second-order valence-electron chi connectivity index (χ2n) is 4.48. The lowest BCUT2D eigenvalue weighted by molar-refractivity contribution is 0.230. The molecular weight excluding hydrogens is 297 g/mol. The largest absolute Gasteiger partial charge is 0.361 e. The normalized spacial score (nSPS) is 11.1. The molecule has 0 heterocycles. The third-order valence-corrected chi connectivity index (χ3v) is 5.16. The molecule has 0 aliphatic carbocycles. The van der Waals surface area contributed by atoms with Gasteiger partial charge in [0.1, 0.15) is 0 Å². The van der Waals surface area contributed by atoms with E-state index in [1.165, 1.54) is 0 Å². The van der Waals surface area contributed by atoms with E-state index in [0.29, 0.717) is 24.1 Å². The Morgan fingerprint density at radius 1 is 1.09 bits per heavy atom. The number of nitriles is 1. The van der Waals surface area contributed by atoms with Crippen LogP contribution in [0.2, 0.25) is 0 Å². The number of rotatable bonds is 6. The minimum atomic E-state index is -3.26. The van der Waals surface area contributed by atoms with Gasteiger partial charge in [0.25, 0.3) is 0 Å². The molecule has 22 heavy (non-hydrogen) atoms. The Morgan fingerprint density at radius 2 is 1.73 bits per heavy atom. The van der Waals surface area contributed by atoms with Gasteiger partial charge in [-0.1, -0.05) is 24.3 Å². The predicted molar refractivity (Wildman–Crippen MR) is 85.9 cm³/mol. The monoisotopic (exact) mass is 314 g/mol. The summed E-state index contributed by atoms with van der Waals surface area (Å²) in [4.78, 5) is 0. The van der Waals surface area contributed by atoms with Crippen molar-refractivity contribution in [3.8, 4) is 17.2 Å². The summed E-state index contributed by atoms with van der Waals surface area (Å²) in [6.07, 6.45) is 0. The molecule has 0 spiro atoms. The molecule has 0 bridgehead atoms. The molecule has 0 saturated heterocycles. The van der Waals surface area contributed by atoms with E-state index in [1.54, 1.807) is 38.1 Å². The topological polar surface area (TPSA) is 59.3 Å². The number of benzene rings is 2. The summed E-state index contributed by atoms with van der Waals surface area (Å²) in [5, 5.41) is 9.46. The molecule has 0 unspecified atom stereocenters. The quantitative estimate of drug-likeness (QED) is 0.758. The Balaban J connectivity index is 2.33. The van der Waals surface area contributed by atoms with E-state index in [9.17, 15) is 4.57 Å². The van der Waals surface area contributed by atoms with Gasteiger partial charge >= 0.3 is 7.60 Å². The van der Waals surface area contributed by atoms with Crippen LogP contribution in [0.25, 0.3) is 11.1 Å². The molecule has 0 amide bonds. The standard InChI is InChI=1S/C17H17NO3P/c1-3-20-22(19,21-4-2)17-10-8-15(9-11-17)16-7-5-6-14(12-16)13-18/h5,7-12H,3-4H2,1-2H3. The van der Waals surface area contributed by atoms with Gasteiger partial charge in [-0.25, -0.2) is 0 Å². The summed E-state index contributed by atoms with van der Waals surface area (Å²) >= 11 is 0. The third-order valence-electron chi connectivity index (χ3n) is 3.04. The molecule has 2 aromatic rings. The van der Waals surface area contributed by atoms with Crippen molar-refractivity contribution in [2.75, 3.05) is 13.2 Å². The molecule has 0 N–H and O–H groups in total. The minimum absolute atomic E-state index is 0.319. The number of hydrogen-bond acceptors (Lipinski definition) is 4. The zero-order chi connectivity index (χ0) is 16.0. The van der Waals surface area contributed by atoms with Crippen molar-refractivity contribution in [2.45, 2.75) is 13.8 Å². The van der Waals surface area contributed by atoms with Gasteiger partial charge in [0, 0.05) is 6.07 Å². The highest BCUT2D eigenvalue weighted by Gasteiger charge is 2.26. The third kappa shape index (κ3) is 3.64. The maximum Gasteiger partial charge on any atom is 0.361 e. The summed E-state index contributed by atoms with van der Waals surface area (Å²) in [6.45, 7) is 4.20. The van der Waals surface area contributed by atoms with Crippen molar-refractivity contribution >= 4 is 12.9 Å². The Bertz CT molecular complexity index is 709. The summed E-state index contributed by atoms with van der Waals surface area (Å²) < 4.78 is 23.3. The molecule has 5 heteroatoms. The van der Waals surface area contributed by atoms with Crippen LogP contribution in [-0.4, -0.2) is 13.2 Å². The molecule has 0 saturated carbocycles. The maximum absolute atomic E-state index is 12.7. The summed E-state index contributed by atoms with van der Waals surface area (Å²) in [5.74, 6) is 0. The van der Waals surface area contributed by atoms with Crippen LogP contribution in [0.4, 0.5) is 0 Å². The van der Waals surface area contributed by atoms with Crippen LogP contribution in [0.3, 0.4) is 0 Å². The van der Waals surface area contributed by atoms with Crippen molar-refractivity contribution in [1.82, 2.24) is 0 Å². The van der Waals surface area contributed by atoms with Crippen molar-refractivity contribution in [1.29, 1.82) is 5.26 Å². The van der Waals surface area contributed by atoms with Crippen molar-refractivity contribution in [3.05, 3.63) is 54.1 Å². The first-order chi connectivity index (χ1) is 10.6. The van der Waals surface area contributed by atoms with Gasteiger partial charge in [-0.2, -0.15) is 5.26 Å². The highest BCUT2D eigenvalue weighted by molar-refractivity contribution is 7.62. The van der Waals surface area contributed by atoms with Gasteiger partial charge in [-0.3, -0.25) is 4.57 Å². The fourth-order valence-electron chi connectivity index (χ4n) is 2.07.